The van der Waals surface area contributed by atoms with Crippen LogP contribution in [-0.2, 0) is 24.2 Å². The van der Waals surface area contributed by atoms with Gasteiger partial charge in [0.25, 0.3) is 5.91 Å². The van der Waals surface area contributed by atoms with Crippen molar-refractivity contribution >= 4 is 11.9 Å². The number of carbonyl (C=O) groups excluding carboxylic acids is 1. The zero-order valence-corrected chi connectivity index (χ0v) is 20.6. The molecule has 3 aromatic rings. The van der Waals surface area contributed by atoms with Crippen molar-refractivity contribution in [2.75, 3.05) is 13.2 Å². The summed E-state index contributed by atoms with van der Waals surface area (Å²) < 4.78 is 5.86. The van der Waals surface area contributed by atoms with E-state index < -0.39 is 5.97 Å². The topological polar surface area (TPSA) is 66.8 Å². The van der Waals surface area contributed by atoms with Crippen LogP contribution in [0.3, 0.4) is 0 Å². The minimum absolute atomic E-state index is 0.00367. The Bertz CT molecular complexity index is 1330. The third-order valence-electron chi connectivity index (χ3n) is 7.59. The Morgan fingerprint density at radius 2 is 1.74 bits per heavy atom. The molecule has 1 amide bonds. The number of benzene rings is 3. The fourth-order valence-electron chi connectivity index (χ4n) is 5.41. The molecule has 2 aliphatic heterocycles. The Balaban J connectivity index is 1.46. The fraction of sp³-hybridized carbons (Fsp3) is 0.333. The Morgan fingerprint density at radius 1 is 0.943 bits per heavy atom. The molecule has 0 bridgehead atoms. The van der Waals surface area contributed by atoms with Crippen LogP contribution in [0.2, 0.25) is 0 Å². The molecule has 5 rings (SSSR count). The molecule has 0 spiro atoms. The zero-order valence-electron chi connectivity index (χ0n) is 20.6. The van der Waals surface area contributed by atoms with Crippen LogP contribution in [0.15, 0.2) is 48.5 Å². The summed E-state index contributed by atoms with van der Waals surface area (Å²) in [4.78, 5) is 27.0. The number of hydrogen-bond donors (Lipinski definition) is 1. The normalized spacial score (nSPS) is 15.2. The van der Waals surface area contributed by atoms with Crippen LogP contribution < -0.4 is 4.74 Å². The van der Waals surface area contributed by atoms with E-state index in [1.54, 1.807) is 0 Å². The van der Waals surface area contributed by atoms with Crippen LogP contribution in [0.5, 0.6) is 5.75 Å². The molecule has 3 aromatic carbocycles. The second kappa shape index (κ2) is 9.21. The zero-order chi connectivity index (χ0) is 24.7. The molecule has 1 atom stereocenters. The second-order valence-electron chi connectivity index (χ2n) is 9.82. The van der Waals surface area contributed by atoms with Crippen LogP contribution in [0, 0.1) is 20.8 Å². The van der Waals surface area contributed by atoms with Gasteiger partial charge in [-0.3, -0.25) is 9.59 Å². The first kappa shape index (κ1) is 23.2. The number of amides is 1. The van der Waals surface area contributed by atoms with E-state index in [-0.39, 0.29) is 18.2 Å². The van der Waals surface area contributed by atoms with Crippen LogP contribution >= 0.6 is 0 Å². The fourth-order valence-corrected chi connectivity index (χ4v) is 5.41. The van der Waals surface area contributed by atoms with Gasteiger partial charge in [-0.2, -0.15) is 0 Å². The highest BCUT2D eigenvalue weighted by Gasteiger charge is 2.27. The van der Waals surface area contributed by atoms with Crippen LogP contribution in [-0.4, -0.2) is 35.0 Å². The van der Waals surface area contributed by atoms with Gasteiger partial charge >= 0.3 is 5.97 Å². The smallest absolute Gasteiger partial charge is 0.304 e. The molecular weight excluding hydrogens is 438 g/mol. The quantitative estimate of drug-likeness (QED) is 0.547. The Labute approximate surface area is 206 Å². The maximum Gasteiger partial charge on any atom is 0.304 e. The minimum atomic E-state index is -0.833. The summed E-state index contributed by atoms with van der Waals surface area (Å²) >= 11 is 0. The van der Waals surface area contributed by atoms with E-state index in [4.69, 9.17) is 4.74 Å². The number of aliphatic carboxylic acids is 1. The number of fused-ring (bicyclic) bond motifs is 2. The third-order valence-corrected chi connectivity index (χ3v) is 7.59. The van der Waals surface area contributed by atoms with E-state index in [2.05, 4.69) is 30.3 Å². The molecule has 0 saturated carbocycles. The van der Waals surface area contributed by atoms with E-state index in [0.717, 1.165) is 46.4 Å². The number of carbonyl (C=O) groups is 2. The van der Waals surface area contributed by atoms with Gasteiger partial charge < -0.3 is 14.7 Å². The number of carboxylic acids is 1. The summed E-state index contributed by atoms with van der Waals surface area (Å²) in [7, 11) is 0. The summed E-state index contributed by atoms with van der Waals surface area (Å²) in [6.45, 7) is 7.98. The first-order chi connectivity index (χ1) is 16.8. The lowest BCUT2D eigenvalue weighted by molar-refractivity contribution is -0.137. The molecule has 1 N–H and O–H groups in total. The summed E-state index contributed by atoms with van der Waals surface area (Å²) in [5, 5.41) is 9.73. The largest absolute Gasteiger partial charge is 0.493 e. The van der Waals surface area contributed by atoms with Gasteiger partial charge in [0.1, 0.15) is 5.75 Å². The number of ether oxygens (including phenoxy) is 1. The lowest BCUT2D eigenvalue weighted by atomic mass is 9.83. The molecule has 0 fully saturated rings. The number of carboxylic acid groups (broad SMARTS) is 1. The molecule has 0 radical (unpaired) electrons. The van der Waals surface area contributed by atoms with Gasteiger partial charge in [0, 0.05) is 31.0 Å². The Kier molecular flexibility index (Phi) is 6.10. The molecule has 0 aliphatic carbocycles. The molecule has 180 valence electrons. The monoisotopic (exact) mass is 469 g/mol. The SMILES string of the molecule is Cc1ccc(C(=O)N2CCc3ccc(C(CC(=O)O)c4ccc5c(c4C)OCC5)cc3C2)cc1C. The highest BCUT2D eigenvalue weighted by atomic mass is 16.5. The Hall–Kier alpha value is -3.60. The molecule has 5 heteroatoms. The summed E-state index contributed by atoms with van der Waals surface area (Å²) in [5.74, 6) is -0.169. The second-order valence-corrected chi connectivity index (χ2v) is 9.82. The van der Waals surface area contributed by atoms with E-state index >= 15 is 0 Å². The van der Waals surface area contributed by atoms with Crippen molar-refractivity contribution in [2.45, 2.75) is 52.5 Å². The lowest BCUT2D eigenvalue weighted by Crippen LogP contribution is -2.36. The Morgan fingerprint density at radius 3 is 2.51 bits per heavy atom. The van der Waals surface area contributed by atoms with Crippen molar-refractivity contribution in [3.05, 3.63) is 98.6 Å². The molecule has 2 heterocycles. The van der Waals surface area contributed by atoms with Gasteiger partial charge in [0.15, 0.2) is 0 Å². The lowest BCUT2D eigenvalue weighted by Gasteiger charge is -2.30. The van der Waals surface area contributed by atoms with Gasteiger partial charge in [-0.25, -0.2) is 0 Å². The number of rotatable bonds is 5. The first-order valence-electron chi connectivity index (χ1n) is 12.3. The van der Waals surface area contributed by atoms with Crippen LogP contribution in [0.4, 0.5) is 0 Å². The maximum absolute atomic E-state index is 13.2. The van der Waals surface area contributed by atoms with Crippen molar-refractivity contribution in [1.82, 2.24) is 4.90 Å². The number of aryl methyl sites for hydroxylation is 2. The molecule has 2 aliphatic rings. The van der Waals surface area contributed by atoms with Gasteiger partial charge in [0.05, 0.1) is 13.0 Å². The number of nitrogens with zero attached hydrogens (tertiary/aromatic N) is 1. The average Bonchev–Trinajstić information content (AvgIpc) is 3.33. The van der Waals surface area contributed by atoms with Gasteiger partial charge in [-0.1, -0.05) is 36.4 Å². The molecule has 5 nitrogen and oxygen atoms in total. The van der Waals surface area contributed by atoms with Crippen molar-refractivity contribution in [1.29, 1.82) is 0 Å². The van der Waals surface area contributed by atoms with Crippen molar-refractivity contribution in [3.63, 3.8) is 0 Å². The predicted octanol–water partition coefficient (Wildman–Crippen LogP) is 5.35. The molecule has 35 heavy (non-hydrogen) atoms. The summed E-state index contributed by atoms with van der Waals surface area (Å²) in [6.07, 6.45) is 1.69. The molecule has 1 unspecified atom stereocenters. The minimum Gasteiger partial charge on any atom is -0.493 e. The van der Waals surface area contributed by atoms with Gasteiger partial charge in [-0.15, -0.1) is 0 Å². The van der Waals surface area contributed by atoms with Crippen LogP contribution in [0.25, 0.3) is 0 Å². The maximum atomic E-state index is 13.2. The predicted molar refractivity (Wildman–Crippen MR) is 135 cm³/mol. The van der Waals surface area contributed by atoms with Crippen LogP contribution in [0.1, 0.15) is 67.2 Å². The van der Waals surface area contributed by atoms with E-state index in [9.17, 15) is 14.7 Å². The van der Waals surface area contributed by atoms with Crippen molar-refractivity contribution < 1.29 is 19.4 Å². The highest BCUT2D eigenvalue weighted by molar-refractivity contribution is 5.94. The average molecular weight is 470 g/mol. The summed E-state index contributed by atoms with van der Waals surface area (Å²) in [5.41, 5.74) is 9.48. The molecule has 0 aromatic heterocycles. The van der Waals surface area contributed by atoms with Gasteiger partial charge in [0.2, 0.25) is 0 Å². The van der Waals surface area contributed by atoms with Gasteiger partial charge in [-0.05, 0) is 83.8 Å². The third kappa shape index (κ3) is 4.43. The first-order valence-corrected chi connectivity index (χ1v) is 12.3. The van der Waals surface area contributed by atoms with E-state index in [0.29, 0.717) is 25.3 Å². The highest BCUT2D eigenvalue weighted by Crippen LogP contribution is 2.39. The van der Waals surface area contributed by atoms with E-state index in [1.807, 2.05) is 43.9 Å². The molecular formula is C30H31NO4. The summed E-state index contributed by atoms with van der Waals surface area (Å²) in [6, 6.07) is 16.3. The van der Waals surface area contributed by atoms with E-state index in [1.165, 1.54) is 16.7 Å². The standard InChI is InChI=1S/C30H31NO4/c1-18-4-5-24(14-19(18)2)30(34)31-12-10-21-6-7-23(15-25(21)17-31)27(16-28(32)33)26-9-8-22-11-13-35-29(22)20(26)3/h4-9,14-15,27H,10-13,16-17H2,1-3H3,(H,32,33). The van der Waals surface area contributed by atoms with Crippen molar-refractivity contribution in [3.8, 4) is 5.75 Å². The molecule has 0 saturated heterocycles. The number of hydrogen-bond acceptors (Lipinski definition) is 3. The van der Waals surface area contributed by atoms with Crippen molar-refractivity contribution in [2.24, 2.45) is 0 Å².